The maximum atomic E-state index is 12.0. The van der Waals surface area contributed by atoms with Crippen molar-refractivity contribution >= 4 is 33.2 Å². The van der Waals surface area contributed by atoms with Crippen LogP contribution in [0.3, 0.4) is 0 Å². The fourth-order valence-electron chi connectivity index (χ4n) is 1.96. The number of ether oxygens (including phenoxy) is 2. The molecule has 0 saturated heterocycles. The summed E-state index contributed by atoms with van der Waals surface area (Å²) in [6, 6.07) is 7.48. The predicted octanol–water partition coefficient (Wildman–Crippen LogP) is 3.54. The van der Waals surface area contributed by atoms with Crippen LogP contribution in [0.4, 0.5) is 0 Å². The Bertz CT molecular complexity index is 846. The summed E-state index contributed by atoms with van der Waals surface area (Å²) in [5.74, 6) is 0.257. The first-order valence-corrected chi connectivity index (χ1v) is 8.79. The number of hydrogen-bond acceptors (Lipinski definition) is 6. The fourth-order valence-corrected chi connectivity index (χ4v) is 3.10. The Morgan fingerprint density at radius 2 is 2.25 bits per heavy atom. The van der Waals surface area contributed by atoms with Crippen LogP contribution in [-0.4, -0.2) is 33.9 Å². The Balaban J connectivity index is 1.49. The minimum absolute atomic E-state index is 0.158. The summed E-state index contributed by atoms with van der Waals surface area (Å²) in [5, 5.41) is 6.51. The molecule has 6 nitrogen and oxygen atoms in total. The summed E-state index contributed by atoms with van der Waals surface area (Å²) >= 11 is 4.75. The monoisotopic (exact) mass is 407 g/mol. The number of carbonyl (C=O) groups excluding carboxylic acids is 1. The van der Waals surface area contributed by atoms with Crippen LogP contribution in [0, 0.1) is 0 Å². The van der Waals surface area contributed by atoms with Crippen LogP contribution in [-0.2, 0) is 11.8 Å². The molecule has 2 aromatic heterocycles. The van der Waals surface area contributed by atoms with Crippen molar-refractivity contribution in [2.45, 2.75) is 0 Å². The Labute approximate surface area is 151 Å². The molecule has 0 spiro atoms. The minimum atomic E-state index is -0.459. The maximum Gasteiger partial charge on any atom is 0.357 e. The lowest BCUT2D eigenvalue weighted by Crippen LogP contribution is -2.12. The number of aryl methyl sites for hydroxylation is 1. The van der Waals surface area contributed by atoms with E-state index in [1.54, 1.807) is 16.3 Å². The summed E-state index contributed by atoms with van der Waals surface area (Å²) in [4.78, 5) is 16.3. The van der Waals surface area contributed by atoms with E-state index in [0.29, 0.717) is 11.4 Å². The van der Waals surface area contributed by atoms with Gasteiger partial charge in [-0.15, -0.1) is 11.3 Å². The van der Waals surface area contributed by atoms with E-state index < -0.39 is 5.97 Å². The van der Waals surface area contributed by atoms with E-state index in [9.17, 15) is 4.79 Å². The fraction of sp³-hybridized carbons (Fsp3) is 0.188. The number of benzene rings is 1. The van der Waals surface area contributed by atoms with Gasteiger partial charge in [-0.25, -0.2) is 9.78 Å². The molecule has 0 bridgehead atoms. The molecule has 0 atom stereocenters. The molecule has 0 N–H and O–H groups in total. The lowest BCUT2D eigenvalue weighted by Gasteiger charge is -2.06. The molecule has 24 heavy (non-hydrogen) atoms. The molecule has 0 saturated carbocycles. The number of hydrogen-bond donors (Lipinski definition) is 0. The molecule has 124 valence electrons. The second-order valence-electron chi connectivity index (χ2n) is 4.88. The molecule has 3 aromatic rings. The number of esters is 1. The Kier molecular flexibility index (Phi) is 5.27. The van der Waals surface area contributed by atoms with Crippen LogP contribution < -0.4 is 4.74 Å². The van der Waals surface area contributed by atoms with Gasteiger partial charge in [0.05, 0.1) is 6.20 Å². The Morgan fingerprint density at radius 1 is 1.38 bits per heavy atom. The first kappa shape index (κ1) is 16.7. The van der Waals surface area contributed by atoms with Crippen LogP contribution in [0.15, 0.2) is 46.5 Å². The van der Waals surface area contributed by atoms with Gasteiger partial charge in [0.1, 0.15) is 24.0 Å². The van der Waals surface area contributed by atoms with Crippen molar-refractivity contribution in [2.75, 3.05) is 13.2 Å². The van der Waals surface area contributed by atoms with Crippen LogP contribution >= 0.6 is 27.3 Å². The van der Waals surface area contributed by atoms with E-state index in [1.165, 1.54) is 11.3 Å². The topological polar surface area (TPSA) is 66.2 Å². The molecule has 1 aromatic carbocycles. The van der Waals surface area contributed by atoms with Crippen molar-refractivity contribution in [2.24, 2.45) is 7.05 Å². The molecule has 0 fully saturated rings. The van der Waals surface area contributed by atoms with Crippen LogP contribution in [0.1, 0.15) is 10.5 Å². The highest BCUT2D eigenvalue weighted by Crippen LogP contribution is 2.23. The third kappa shape index (κ3) is 4.21. The molecule has 0 aliphatic heterocycles. The van der Waals surface area contributed by atoms with E-state index in [0.717, 1.165) is 15.0 Å². The van der Waals surface area contributed by atoms with Gasteiger partial charge in [0.15, 0.2) is 5.69 Å². The average Bonchev–Trinajstić information content (AvgIpc) is 3.20. The van der Waals surface area contributed by atoms with Gasteiger partial charge in [-0.1, -0.05) is 22.0 Å². The number of rotatable bonds is 6. The highest BCUT2D eigenvalue weighted by atomic mass is 79.9. The van der Waals surface area contributed by atoms with Crippen molar-refractivity contribution in [3.05, 3.63) is 52.2 Å². The van der Waals surface area contributed by atoms with Crippen molar-refractivity contribution in [3.63, 3.8) is 0 Å². The average molecular weight is 408 g/mol. The van der Waals surface area contributed by atoms with E-state index in [2.05, 4.69) is 26.0 Å². The second kappa shape index (κ2) is 7.59. The molecule has 0 amide bonds. The van der Waals surface area contributed by atoms with Gasteiger partial charge in [-0.2, -0.15) is 5.10 Å². The third-order valence-corrected chi connectivity index (χ3v) is 4.43. The Morgan fingerprint density at radius 3 is 3.00 bits per heavy atom. The summed E-state index contributed by atoms with van der Waals surface area (Å²) in [6.07, 6.45) is 3.56. The zero-order valence-corrected chi connectivity index (χ0v) is 15.2. The van der Waals surface area contributed by atoms with Crippen molar-refractivity contribution < 1.29 is 14.3 Å². The number of halogens is 1. The number of aromatic nitrogens is 3. The van der Waals surface area contributed by atoms with E-state index in [4.69, 9.17) is 9.47 Å². The molecule has 0 radical (unpaired) electrons. The standard InChI is InChI=1S/C16H14BrN3O3S/c1-20-9-11(8-18-20)15-19-14(10-24-15)16(21)23-6-5-22-13-4-2-3-12(17)7-13/h2-4,7-10H,5-6H2,1H3. The zero-order valence-electron chi connectivity index (χ0n) is 12.8. The summed E-state index contributed by atoms with van der Waals surface area (Å²) in [5.41, 5.74) is 1.17. The van der Waals surface area contributed by atoms with E-state index in [-0.39, 0.29) is 13.2 Å². The molecule has 2 heterocycles. The SMILES string of the molecule is Cn1cc(-c2nc(C(=O)OCCOc3cccc(Br)c3)cs2)cn1. The normalized spacial score (nSPS) is 10.6. The summed E-state index contributed by atoms with van der Waals surface area (Å²) < 4.78 is 13.3. The third-order valence-electron chi connectivity index (χ3n) is 3.05. The molecular formula is C16H14BrN3O3S. The molecule has 0 unspecified atom stereocenters. The lowest BCUT2D eigenvalue weighted by atomic mass is 10.3. The van der Waals surface area contributed by atoms with Crippen molar-refractivity contribution in [1.82, 2.24) is 14.8 Å². The lowest BCUT2D eigenvalue weighted by molar-refractivity contribution is 0.0444. The van der Waals surface area contributed by atoms with E-state index >= 15 is 0 Å². The van der Waals surface area contributed by atoms with E-state index in [1.807, 2.05) is 37.5 Å². The van der Waals surface area contributed by atoms with Gasteiger partial charge in [-0.05, 0) is 18.2 Å². The Hall–Kier alpha value is -2.19. The molecule has 0 aliphatic rings. The van der Waals surface area contributed by atoms with Crippen LogP contribution in [0.5, 0.6) is 5.75 Å². The number of thiazole rings is 1. The van der Waals surface area contributed by atoms with Gasteiger partial charge < -0.3 is 9.47 Å². The first-order valence-electron chi connectivity index (χ1n) is 7.12. The molecule has 3 rings (SSSR count). The molecular weight excluding hydrogens is 394 g/mol. The number of carbonyl (C=O) groups is 1. The van der Waals surface area contributed by atoms with Gasteiger partial charge >= 0.3 is 5.97 Å². The zero-order chi connectivity index (χ0) is 16.9. The van der Waals surface area contributed by atoms with Crippen molar-refractivity contribution in [3.8, 4) is 16.3 Å². The van der Waals surface area contributed by atoms with Gasteiger partial charge in [0, 0.05) is 28.7 Å². The minimum Gasteiger partial charge on any atom is -0.490 e. The summed E-state index contributed by atoms with van der Waals surface area (Å²) in [7, 11) is 1.83. The smallest absolute Gasteiger partial charge is 0.357 e. The quantitative estimate of drug-likeness (QED) is 0.461. The predicted molar refractivity (Wildman–Crippen MR) is 94.2 cm³/mol. The summed E-state index contributed by atoms with van der Waals surface area (Å²) in [6.45, 7) is 0.437. The van der Waals surface area contributed by atoms with Gasteiger partial charge in [0.25, 0.3) is 0 Å². The second-order valence-corrected chi connectivity index (χ2v) is 6.66. The largest absolute Gasteiger partial charge is 0.490 e. The van der Waals surface area contributed by atoms with Gasteiger partial charge in [-0.3, -0.25) is 4.68 Å². The number of nitrogens with zero attached hydrogens (tertiary/aromatic N) is 3. The first-order chi connectivity index (χ1) is 11.6. The maximum absolute atomic E-state index is 12.0. The highest BCUT2D eigenvalue weighted by molar-refractivity contribution is 9.10. The van der Waals surface area contributed by atoms with Crippen LogP contribution in [0.2, 0.25) is 0 Å². The highest BCUT2D eigenvalue weighted by Gasteiger charge is 2.14. The molecule has 0 aliphatic carbocycles. The van der Waals surface area contributed by atoms with Crippen molar-refractivity contribution in [1.29, 1.82) is 0 Å². The van der Waals surface area contributed by atoms with Crippen LogP contribution in [0.25, 0.3) is 10.6 Å². The molecule has 8 heteroatoms. The van der Waals surface area contributed by atoms with Gasteiger partial charge in [0.2, 0.25) is 0 Å².